The minimum Gasteiger partial charge on any atom is -0.329 e. The van der Waals surface area contributed by atoms with Crippen molar-refractivity contribution in [3.63, 3.8) is 0 Å². The molecule has 0 amide bonds. The van der Waals surface area contributed by atoms with Crippen molar-refractivity contribution in [2.75, 3.05) is 11.9 Å². The zero-order chi connectivity index (χ0) is 23.9. The molecule has 4 rings (SSSR count). The summed E-state index contributed by atoms with van der Waals surface area (Å²) in [4.78, 5) is 10.3. The number of benzene rings is 2. The van der Waals surface area contributed by atoms with Crippen molar-refractivity contribution in [2.24, 2.45) is 4.99 Å². The van der Waals surface area contributed by atoms with Crippen molar-refractivity contribution in [1.29, 1.82) is 5.41 Å². The predicted octanol–water partition coefficient (Wildman–Crippen LogP) is 5.05. The zero-order valence-electron chi connectivity index (χ0n) is 17.9. The van der Waals surface area contributed by atoms with E-state index in [1.165, 1.54) is 28.9 Å². The maximum Gasteiger partial charge on any atom is 0.416 e. The van der Waals surface area contributed by atoms with Crippen molar-refractivity contribution in [2.45, 2.75) is 26.1 Å². The summed E-state index contributed by atoms with van der Waals surface area (Å²) < 4.78 is 55.8. The largest absolute Gasteiger partial charge is 0.416 e. The summed E-state index contributed by atoms with van der Waals surface area (Å²) in [6.07, 6.45) is -2.19. The van der Waals surface area contributed by atoms with Gasteiger partial charge in [0.2, 0.25) is 0 Å². The number of fused-ring (bicyclic) bond motifs is 3. The minimum atomic E-state index is -4.53. The highest BCUT2D eigenvalue weighted by atomic mass is 19.4. The summed E-state index contributed by atoms with van der Waals surface area (Å²) in [7, 11) is 1.62. The van der Waals surface area contributed by atoms with Crippen LogP contribution >= 0.6 is 0 Å². The van der Waals surface area contributed by atoms with Crippen LogP contribution in [-0.2, 0) is 6.18 Å². The van der Waals surface area contributed by atoms with E-state index in [4.69, 9.17) is 5.41 Å². The van der Waals surface area contributed by atoms with Gasteiger partial charge in [0.05, 0.1) is 16.8 Å². The molecule has 0 unspecified atom stereocenters. The highest BCUT2D eigenvalue weighted by molar-refractivity contribution is 6.37. The van der Waals surface area contributed by atoms with Gasteiger partial charge in [-0.15, -0.1) is 10.2 Å². The van der Waals surface area contributed by atoms with Gasteiger partial charge in [-0.3, -0.25) is 9.39 Å². The van der Waals surface area contributed by atoms with E-state index in [9.17, 15) is 17.6 Å². The summed E-state index contributed by atoms with van der Waals surface area (Å²) in [6, 6.07) is 7.37. The van der Waals surface area contributed by atoms with E-state index in [0.717, 1.165) is 18.3 Å². The van der Waals surface area contributed by atoms with Gasteiger partial charge < -0.3 is 10.3 Å². The van der Waals surface area contributed by atoms with Crippen molar-refractivity contribution in [1.82, 2.24) is 19.6 Å². The molecule has 11 heteroatoms. The maximum absolute atomic E-state index is 14.5. The third kappa shape index (κ3) is 4.26. The molecule has 0 aliphatic carbocycles. The van der Waals surface area contributed by atoms with Gasteiger partial charge in [0, 0.05) is 35.9 Å². The second-order valence-electron chi connectivity index (χ2n) is 7.68. The Bertz CT molecular complexity index is 1390. The number of alkyl halides is 3. The van der Waals surface area contributed by atoms with E-state index >= 15 is 0 Å². The first kappa shape index (κ1) is 22.3. The highest BCUT2D eigenvalue weighted by Crippen LogP contribution is 2.35. The van der Waals surface area contributed by atoms with Crippen LogP contribution in [0, 0.1) is 11.2 Å². The van der Waals surface area contributed by atoms with Crippen molar-refractivity contribution >= 4 is 40.1 Å². The molecule has 4 aromatic rings. The fourth-order valence-corrected chi connectivity index (χ4v) is 3.49. The van der Waals surface area contributed by atoms with E-state index in [-0.39, 0.29) is 23.2 Å². The van der Waals surface area contributed by atoms with Crippen LogP contribution in [0.4, 0.5) is 29.1 Å². The molecule has 0 saturated heterocycles. The summed E-state index contributed by atoms with van der Waals surface area (Å²) in [5.74, 6) is -0.185. The van der Waals surface area contributed by atoms with Crippen LogP contribution in [0.15, 0.2) is 47.7 Å². The van der Waals surface area contributed by atoms with E-state index in [0.29, 0.717) is 22.3 Å². The smallest absolute Gasteiger partial charge is 0.329 e. The van der Waals surface area contributed by atoms with Crippen LogP contribution in [-0.4, -0.2) is 44.6 Å². The van der Waals surface area contributed by atoms with Gasteiger partial charge in [-0.1, -0.05) is 0 Å². The molecule has 7 nitrogen and oxygen atoms in total. The average molecular weight is 457 g/mol. The molecule has 2 aromatic carbocycles. The normalized spacial score (nSPS) is 12.7. The van der Waals surface area contributed by atoms with Crippen LogP contribution in [0.1, 0.15) is 25.0 Å². The van der Waals surface area contributed by atoms with Gasteiger partial charge in [-0.2, -0.15) is 18.2 Å². The Kier molecular flexibility index (Phi) is 5.56. The van der Waals surface area contributed by atoms with E-state index in [1.807, 2.05) is 13.8 Å². The van der Waals surface area contributed by atoms with Crippen LogP contribution in [0.5, 0.6) is 0 Å². The molecule has 33 heavy (non-hydrogen) atoms. The molecule has 170 valence electrons. The number of aliphatic imine (C=N–C) groups is 1. The summed E-state index contributed by atoms with van der Waals surface area (Å²) >= 11 is 0. The maximum atomic E-state index is 14.5. The average Bonchev–Trinajstić information content (AvgIpc) is 3.23. The first-order valence-corrected chi connectivity index (χ1v) is 9.92. The number of rotatable bonds is 5. The lowest BCUT2D eigenvalue weighted by Gasteiger charge is -2.22. The van der Waals surface area contributed by atoms with Gasteiger partial charge in [-0.25, -0.2) is 4.39 Å². The first-order chi connectivity index (χ1) is 15.6. The molecular formula is C22H19F4N7. The molecule has 2 heterocycles. The summed E-state index contributed by atoms with van der Waals surface area (Å²) in [6.45, 7) is 3.68. The van der Waals surface area contributed by atoms with Gasteiger partial charge in [-0.05, 0) is 50.2 Å². The molecule has 0 fully saturated rings. The van der Waals surface area contributed by atoms with E-state index in [1.54, 1.807) is 18.0 Å². The molecule has 0 atom stereocenters. The van der Waals surface area contributed by atoms with Crippen molar-refractivity contribution in [3.05, 3.63) is 59.7 Å². The van der Waals surface area contributed by atoms with Crippen molar-refractivity contribution < 1.29 is 17.6 Å². The van der Waals surface area contributed by atoms with Crippen LogP contribution in [0.2, 0.25) is 0 Å². The lowest BCUT2D eigenvalue weighted by molar-refractivity contribution is -0.137. The number of halogens is 4. The Morgan fingerprint density at radius 1 is 1.18 bits per heavy atom. The molecule has 0 radical (unpaired) electrons. The molecule has 0 saturated carbocycles. The Morgan fingerprint density at radius 3 is 2.61 bits per heavy atom. The topological polar surface area (TPSA) is 82.5 Å². The monoisotopic (exact) mass is 457 g/mol. The second-order valence-corrected chi connectivity index (χ2v) is 7.68. The SMILES string of the molecule is CC(C)N=C(C=N)c1cc(F)cc(N(C)c2nc3nncn3c3cc(C(F)(F)F)ccc23)c1. The third-order valence-electron chi connectivity index (χ3n) is 4.98. The number of hydrogen-bond acceptors (Lipinski definition) is 6. The Morgan fingerprint density at radius 2 is 1.94 bits per heavy atom. The lowest BCUT2D eigenvalue weighted by atomic mass is 10.1. The molecule has 0 spiro atoms. The quantitative estimate of drug-likeness (QED) is 0.336. The number of aromatic nitrogens is 4. The highest BCUT2D eigenvalue weighted by Gasteiger charge is 2.31. The first-order valence-electron chi connectivity index (χ1n) is 9.92. The molecule has 0 bridgehead atoms. The van der Waals surface area contributed by atoms with Gasteiger partial charge in [0.1, 0.15) is 18.0 Å². The Balaban J connectivity index is 1.91. The van der Waals surface area contributed by atoms with Gasteiger partial charge >= 0.3 is 6.18 Å². The predicted molar refractivity (Wildman–Crippen MR) is 118 cm³/mol. The standard InChI is InChI=1S/C22H19F4N7/c1-12(2)29-18(10-27)13-6-15(23)9-16(7-13)32(3)20-17-5-4-14(22(24,25)26)8-19(17)33-11-28-31-21(33)30-20/h4-12,27H,1-3H3. The number of hydrogen-bond donors (Lipinski definition) is 1. The van der Waals surface area contributed by atoms with Crippen molar-refractivity contribution in [3.8, 4) is 0 Å². The fourth-order valence-electron chi connectivity index (χ4n) is 3.49. The lowest BCUT2D eigenvalue weighted by Crippen LogP contribution is -2.15. The molecule has 0 aliphatic rings. The van der Waals surface area contributed by atoms with Crippen LogP contribution in [0.3, 0.4) is 0 Å². The van der Waals surface area contributed by atoms with Crippen LogP contribution in [0.25, 0.3) is 16.7 Å². The van der Waals surface area contributed by atoms with Gasteiger partial charge in [0.25, 0.3) is 5.78 Å². The Labute approximate surface area is 185 Å². The van der Waals surface area contributed by atoms with Crippen LogP contribution < -0.4 is 4.90 Å². The Hall–Kier alpha value is -3.89. The number of nitrogens with zero attached hydrogens (tertiary/aromatic N) is 6. The summed E-state index contributed by atoms with van der Waals surface area (Å²) in [5.41, 5.74) is 0.464. The number of anilines is 2. The zero-order valence-corrected chi connectivity index (χ0v) is 17.9. The molecular weight excluding hydrogens is 438 g/mol. The summed E-state index contributed by atoms with van der Waals surface area (Å²) in [5, 5.41) is 15.7. The third-order valence-corrected chi connectivity index (χ3v) is 4.98. The number of nitrogens with one attached hydrogen (secondary N) is 1. The van der Waals surface area contributed by atoms with Gasteiger partial charge in [0.15, 0.2) is 0 Å². The fraction of sp³-hybridized carbons (Fsp3) is 0.227. The molecule has 0 aliphatic heterocycles. The van der Waals surface area contributed by atoms with E-state index in [2.05, 4.69) is 20.2 Å². The molecule has 2 aromatic heterocycles. The minimum absolute atomic E-state index is 0.0989. The molecule has 1 N–H and O–H groups in total. The van der Waals surface area contributed by atoms with E-state index < -0.39 is 17.6 Å². The second kappa shape index (κ2) is 8.23.